The van der Waals surface area contributed by atoms with Gasteiger partial charge in [-0.05, 0) is 56.3 Å². The van der Waals surface area contributed by atoms with Gasteiger partial charge in [0.05, 0.1) is 25.9 Å². The summed E-state index contributed by atoms with van der Waals surface area (Å²) in [4.78, 5) is 17.9. The van der Waals surface area contributed by atoms with E-state index < -0.39 is 23.2 Å². The molecule has 2 aliphatic heterocycles. The van der Waals surface area contributed by atoms with Crippen molar-refractivity contribution >= 4 is 27.5 Å². The summed E-state index contributed by atoms with van der Waals surface area (Å²) in [5.74, 6) is 1.05. The minimum atomic E-state index is -0.978. The topological polar surface area (TPSA) is 93.1 Å². The van der Waals surface area contributed by atoms with Crippen LogP contribution >= 0.6 is 0 Å². The number of methoxy groups -OCH3 is 1. The van der Waals surface area contributed by atoms with Gasteiger partial charge in [0.1, 0.15) is 40.2 Å². The smallest absolute Gasteiger partial charge is 0.319 e. The summed E-state index contributed by atoms with van der Waals surface area (Å²) < 4.78 is 64.5. The van der Waals surface area contributed by atoms with Crippen LogP contribution in [0.4, 0.5) is 19.0 Å². The second-order valence-electron chi connectivity index (χ2n) is 12.7. The molecule has 2 aromatic heterocycles. The molecule has 2 saturated heterocycles. The zero-order valence-corrected chi connectivity index (χ0v) is 26.4. The Morgan fingerprint density at radius 2 is 1.98 bits per heavy atom. The van der Waals surface area contributed by atoms with E-state index in [0.717, 1.165) is 19.3 Å². The molecule has 9 nitrogen and oxygen atoms in total. The number of fused-ring (bicyclic) bond motifs is 3. The van der Waals surface area contributed by atoms with Gasteiger partial charge in [-0.25, -0.2) is 18.2 Å². The van der Waals surface area contributed by atoms with E-state index in [2.05, 4.69) is 20.8 Å². The number of phenols is 1. The van der Waals surface area contributed by atoms with E-state index in [1.807, 2.05) is 11.9 Å². The highest BCUT2D eigenvalue weighted by atomic mass is 19.1. The van der Waals surface area contributed by atoms with Gasteiger partial charge in [-0.15, -0.1) is 6.42 Å². The zero-order chi connectivity index (χ0) is 32.9. The van der Waals surface area contributed by atoms with Crippen LogP contribution < -0.4 is 14.4 Å². The maximum atomic E-state index is 17.0. The van der Waals surface area contributed by atoms with Crippen LogP contribution in [0.15, 0.2) is 24.3 Å². The Kier molecular flexibility index (Phi) is 8.22. The molecule has 2 aromatic carbocycles. The van der Waals surface area contributed by atoms with Crippen LogP contribution in [0.25, 0.3) is 32.9 Å². The van der Waals surface area contributed by atoms with E-state index in [1.165, 1.54) is 31.4 Å². The maximum absolute atomic E-state index is 17.0. The van der Waals surface area contributed by atoms with Crippen molar-refractivity contribution in [3.63, 3.8) is 0 Å². The van der Waals surface area contributed by atoms with Gasteiger partial charge in [-0.2, -0.15) is 9.97 Å². The van der Waals surface area contributed by atoms with Crippen LogP contribution in [-0.2, 0) is 4.74 Å². The normalized spacial score (nSPS) is 23.4. The largest absolute Gasteiger partial charge is 0.508 e. The predicted octanol–water partition coefficient (Wildman–Crippen LogP) is 5.64. The fraction of sp³-hybridized carbons (Fsp3) is 0.457. The number of terminal acetylenes is 1. The van der Waals surface area contributed by atoms with Gasteiger partial charge in [-0.3, -0.25) is 4.90 Å². The number of aromatic hydroxyl groups is 1. The van der Waals surface area contributed by atoms with Gasteiger partial charge >= 0.3 is 6.01 Å². The zero-order valence-electron chi connectivity index (χ0n) is 26.4. The minimum absolute atomic E-state index is 0.0295. The van der Waals surface area contributed by atoms with Crippen molar-refractivity contribution in [3.05, 3.63) is 41.5 Å². The molecule has 0 unspecified atom stereocenters. The lowest BCUT2D eigenvalue weighted by atomic mass is 9.75. The second kappa shape index (κ2) is 12.4. The van der Waals surface area contributed by atoms with Gasteiger partial charge in [0.25, 0.3) is 0 Å². The second-order valence-corrected chi connectivity index (χ2v) is 12.7. The molecule has 3 fully saturated rings. The van der Waals surface area contributed by atoms with Crippen molar-refractivity contribution in [1.82, 2.24) is 19.9 Å². The molecule has 7 rings (SSSR count). The highest BCUT2D eigenvalue weighted by Gasteiger charge is 2.50. The Labute approximate surface area is 270 Å². The molecule has 12 heteroatoms. The summed E-state index contributed by atoms with van der Waals surface area (Å²) in [5, 5.41) is 11.4. The van der Waals surface area contributed by atoms with Crippen molar-refractivity contribution < 1.29 is 32.5 Å². The SMILES string of the molecule is C#Cc1c(F)ccc2cc(O)cc(-c3nc(OC)c4c(N5CCCOCC5)nc(OC[C@]56CCC[C@H]5N(C)C[C@H](F)C6)nc4c3F)c12. The van der Waals surface area contributed by atoms with Crippen molar-refractivity contribution in [2.24, 2.45) is 5.41 Å². The lowest BCUT2D eigenvalue weighted by Gasteiger charge is -2.45. The van der Waals surface area contributed by atoms with E-state index in [-0.39, 0.29) is 63.4 Å². The Balaban J connectivity index is 1.42. The van der Waals surface area contributed by atoms with Crippen LogP contribution in [-0.4, -0.2) is 90.8 Å². The minimum Gasteiger partial charge on any atom is -0.508 e. The third kappa shape index (κ3) is 5.45. The third-order valence-corrected chi connectivity index (χ3v) is 9.87. The fourth-order valence-corrected chi connectivity index (χ4v) is 7.86. The third-order valence-electron chi connectivity index (χ3n) is 9.87. The summed E-state index contributed by atoms with van der Waals surface area (Å²) >= 11 is 0. The molecule has 0 radical (unpaired) electrons. The van der Waals surface area contributed by atoms with Gasteiger partial charge < -0.3 is 24.2 Å². The highest BCUT2D eigenvalue weighted by Crippen LogP contribution is 2.48. The number of aromatic nitrogens is 3. The van der Waals surface area contributed by atoms with Gasteiger partial charge in [-0.1, -0.05) is 18.4 Å². The summed E-state index contributed by atoms with van der Waals surface area (Å²) in [5.41, 5.74) is -0.809. The van der Waals surface area contributed by atoms with Crippen molar-refractivity contribution in [1.29, 1.82) is 0 Å². The molecular weight excluding hydrogens is 611 g/mol. The average molecular weight is 648 g/mol. The number of nitrogens with zero attached hydrogens (tertiary/aromatic N) is 5. The molecule has 3 aliphatic rings. The van der Waals surface area contributed by atoms with E-state index in [0.29, 0.717) is 56.9 Å². The number of pyridine rings is 1. The van der Waals surface area contributed by atoms with Gasteiger partial charge in [0.15, 0.2) is 5.82 Å². The molecule has 3 atom stereocenters. The van der Waals surface area contributed by atoms with Crippen LogP contribution in [0.1, 0.15) is 37.7 Å². The Hall–Kier alpha value is -4.34. The first-order valence-corrected chi connectivity index (χ1v) is 15.9. The summed E-state index contributed by atoms with van der Waals surface area (Å²) in [6, 6.07) is 5.47. The summed E-state index contributed by atoms with van der Waals surface area (Å²) in [7, 11) is 3.35. The molecule has 0 amide bonds. The molecule has 0 spiro atoms. The number of benzene rings is 2. The maximum Gasteiger partial charge on any atom is 0.319 e. The van der Waals surface area contributed by atoms with Gasteiger partial charge in [0.2, 0.25) is 5.88 Å². The molecular formula is C35H36F3N5O4. The molecule has 4 aromatic rings. The number of ether oxygens (including phenoxy) is 3. The number of alkyl halides is 1. The Morgan fingerprint density at radius 1 is 1.13 bits per heavy atom. The highest BCUT2D eigenvalue weighted by molar-refractivity contribution is 6.04. The van der Waals surface area contributed by atoms with Crippen LogP contribution in [0, 0.1) is 29.4 Å². The first-order chi connectivity index (χ1) is 22.7. The Morgan fingerprint density at radius 3 is 2.79 bits per heavy atom. The van der Waals surface area contributed by atoms with Crippen LogP contribution in [0.3, 0.4) is 0 Å². The molecule has 1 N–H and O–H groups in total. The Bertz CT molecular complexity index is 1890. The van der Waals surface area contributed by atoms with Crippen molar-refractivity contribution in [2.75, 3.05) is 58.5 Å². The van der Waals surface area contributed by atoms with Crippen molar-refractivity contribution in [3.8, 4) is 41.2 Å². The van der Waals surface area contributed by atoms with E-state index in [4.69, 9.17) is 25.6 Å². The summed E-state index contributed by atoms with van der Waals surface area (Å²) in [6.07, 6.45) is 8.52. The van der Waals surface area contributed by atoms with E-state index in [9.17, 15) is 13.9 Å². The fourth-order valence-electron chi connectivity index (χ4n) is 7.86. The lowest BCUT2D eigenvalue weighted by Crippen LogP contribution is -2.54. The van der Waals surface area contributed by atoms with E-state index in [1.54, 1.807) is 0 Å². The first-order valence-electron chi connectivity index (χ1n) is 15.9. The average Bonchev–Trinajstić information content (AvgIpc) is 3.29. The quantitative estimate of drug-likeness (QED) is 0.267. The molecule has 246 valence electrons. The molecule has 1 aliphatic carbocycles. The first kappa shape index (κ1) is 31.3. The predicted molar refractivity (Wildman–Crippen MR) is 172 cm³/mol. The molecule has 4 heterocycles. The molecule has 0 bridgehead atoms. The number of hydrogen-bond acceptors (Lipinski definition) is 9. The number of likely N-dealkylation sites (tertiary alicyclic amines) is 1. The number of hydrogen-bond donors (Lipinski definition) is 1. The van der Waals surface area contributed by atoms with Crippen molar-refractivity contribution in [2.45, 2.75) is 44.3 Å². The number of rotatable bonds is 6. The van der Waals surface area contributed by atoms with Crippen LogP contribution in [0.5, 0.6) is 17.6 Å². The molecule has 47 heavy (non-hydrogen) atoms. The number of halogens is 3. The van der Waals surface area contributed by atoms with Crippen LogP contribution in [0.2, 0.25) is 0 Å². The summed E-state index contributed by atoms with van der Waals surface area (Å²) in [6.45, 7) is 2.60. The van der Waals surface area contributed by atoms with E-state index >= 15 is 4.39 Å². The monoisotopic (exact) mass is 647 g/mol. The number of anilines is 1. The van der Waals surface area contributed by atoms with Gasteiger partial charge in [0, 0.05) is 48.6 Å². The number of phenolic OH excluding ortho intramolecular Hbond substituents is 1. The standard InChI is InChI=1S/C35H36F3N5O4/c1-4-23-25(37)9-8-20-15-22(44)16-24(27(20)23)30-29(38)31-28(33(39-30)45-3)32(43-11-6-13-46-14-12-43)41-34(40-31)47-19-35-10-5-7-26(35)42(2)18-21(36)17-35/h1,8-9,15-16,21,26,44H,5-7,10-14,17-19H2,2-3H3/t21-,26-,35-/m1/s1. The number of piperidine rings is 1. The molecule has 1 saturated carbocycles. The lowest BCUT2D eigenvalue weighted by molar-refractivity contribution is -0.0244.